The third-order valence-electron chi connectivity index (χ3n) is 6.47. The van der Waals surface area contributed by atoms with Crippen molar-refractivity contribution >= 4 is 11.8 Å². The van der Waals surface area contributed by atoms with E-state index in [1.54, 1.807) is 13.8 Å². The number of likely N-dealkylation sites (tertiary alicyclic amines) is 1. The van der Waals surface area contributed by atoms with Gasteiger partial charge in [0.25, 0.3) is 5.91 Å². The van der Waals surface area contributed by atoms with Crippen molar-refractivity contribution in [3.05, 3.63) is 52.4 Å². The Kier molecular flexibility index (Phi) is 5.43. The molecule has 1 aliphatic heterocycles. The SMILES string of the molecule is Cc1cccc(CC(=O)N2C[C@@H]3CCC[C@H](NC(=O)c4c(C)noc4C)[C@@H]3C2)c1. The van der Waals surface area contributed by atoms with E-state index in [1.807, 2.05) is 30.0 Å². The fraction of sp³-hybridized carbons (Fsp3) is 0.522. The topological polar surface area (TPSA) is 75.4 Å². The quantitative estimate of drug-likeness (QED) is 0.863. The first-order chi connectivity index (χ1) is 13.9. The molecule has 2 heterocycles. The summed E-state index contributed by atoms with van der Waals surface area (Å²) in [5, 5.41) is 7.10. The van der Waals surface area contributed by atoms with E-state index in [2.05, 4.69) is 16.5 Å². The van der Waals surface area contributed by atoms with Crippen LogP contribution in [0.15, 0.2) is 28.8 Å². The maximum atomic E-state index is 12.9. The Balaban J connectivity index is 1.42. The summed E-state index contributed by atoms with van der Waals surface area (Å²) in [4.78, 5) is 27.7. The van der Waals surface area contributed by atoms with Gasteiger partial charge in [-0.25, -0.2) is 0 Å². The molecule has 0 spiro atoms. The number of carbonyl (C=O) groups is 2. The molecule has 154 valence electrons. The van der Waals surface area contributed by atoms with Crippen molar-refractivity contribution in [2.45, 2.75) is 52.5 Å². The molecule has 0 bridgehead atoms. The highest BCUT2D eigenvalue weighted by molar-refractivity contribution is 5.96. The standard InChI is InChI=1S/C23H29N3O3/c1-14-6-4-7-17(10-14)11-21(27)26-12-18-8-5-9-20(19(18)13-26)24-23(28)22-15(2)25-29-16(22)3/h4,6-7,10,18-20H,5,8-9,11-13H2,1-3H3,(H,24,28)/t18-,19+,20-/m0/s1. The first kappa shape index (κ1) is 19.7. The van der Waals surface area contributed by atoms with Crippen molar-refractivity contribution in [3.8, 4) is 0 Å². The van der Waals surface area contributed by atoms with Crippen molar-refractivity contribution in [1.82, 2.24) is 15.4 Å². The second kappa shape index (κ2) is 8.01. The fourth-order valence-corrected chi connectivity index (χ4v) is 5.01. The maximum Gasteiger partial charge on any atom is 0.257 e. The summed E-state index contributed by atoms with van der Waals surface area (Å²) in [7, 11) is 0. The number of nitrogens with one attached hydrogen (secondary N) is 1. The molecule has 1 aliphatic carbocycles. The summed E-state index contributed by atoms with van der Waals surface area (Å²) in [5.41, 5.74) is 3.40. The molecular formula is C23H29N3O3. The molecule has 29 heavy (non-hydrogen) atoms. The Morgan fingerprint density at radius 2 is 2.03 bits per heavy atom. The summed E-state index contributed by atoms with van der Waals surface area (Å²) in [6, 6.07) is 8.23. The zero-order valence-corrected chi connectivity index (χ0v) is 17.4. The van der Waals surface area contributed by atoms with Gasteiger partial charge in [-0.15, -0.1) is 0 Å². The lowest BCUT2D eigenvalue weighted by Gasteiger charge is -2.33. The van der Waals surface area contributed by atoms with Crippen LogP contribution in [0, 0.1) is 32.6 Å². The number of aromatic nitrogens is 1. The highest BCUT2D eigenvalue weighted by Gasteiger charge is 2.42. The predicted octanol–water partition coefficient (Wildman–Crippen LogP) is 3.20. The summed E-state index contributed by atoms with van der Waals surface area (Å²) >= 11 is 0. The van der Waals surface area contributed by atoms with Gasteiger partial charge in [-0.1, -0.05) is 41.4 Å². The second-order valence-electron chi connectivity index (χ2n) is 8.60. The van der Waals surface area contributed by atoms with E-state index in [4.69, 9.17) is 4.52 Å². The Morgan fingerprint density at radius 3 is 2.76 bits per heavy atom. The molecule has 6 nitrogen and oxygen atoms in total. The lowest BCUT2D eigenvalue weighted by Crippen LogP contribution is -2.45. The zero-order chi connectivity index (χ0) is 20.5. The van der Waals surface area contributed by atoms with E-state index in [9.17, 15) is 9.59 Å². The van der Waals surface area contributed by atoms with Crippen molar-refractivity contribution in [2.24, 2.45) is 11.8 Å². The normalized spacial score (nSPS) is 23.7. The lowest BCUT2D eigenvalue weighted by atomic mass is 9.78. The predicted molar refractivity (Wildman–Crippen MR) is 110 cm³/mol. The number of hydrogen-bond donors (Lipinski definition) is 1. The van der Waals surface area contributed by atoms with Gasteiger partial charge < -0.3 is 14.7 Å². The average Bonchev–Trinajstić information content (AvgIpc) is 3.26. The molecule has 4 rings (SSSR count). The molecule has 1 saturated heterocycles. The smallest absolute Gasteiger partial charge is 0.257 e. The summed E-state index contributed by atoms with van der Waals surface area (Å²) in [6.07, 6.45) is 3.59. The average molecular weight is 396 g/mol. The molecule has 2 fully saturated rings. The van der Waals surface area contributed by atoms with Crippen LogP contribution in [0.3, 0.4) is 0 Å². The number of carbonyl (C=O) groups excluding carboxylic acids is 2. The van der Waals surface area contributed by atoms with E-state index in [0.717, 1.165) is 37.9 Å². The maximum absolute atomic E-state index is 12.9. The number of nitrogens with zero attached hydrogens (tertiary/aromatic N) is 2. The van der Waals surface area contributed by atoms with Gasteiger partial charge >= 0.3 is 0 Å². The number of aryl methyl sites for hydroxylation is 3. The van der Waals surface area contributed by atoms with Crippen molar-refractivity contribution < 1.29 is 14.1 Å². The van der Waals surface area contributed by atoms with Crippen LogP contribution in [-0.4, -0.2) is 41.0 Å². The van der Waals surface area contributed by atoms with E-state index >= 15 is 0 Å². The van der Waals surface area contributed by atoms with Gasteiger partial charge in [0.1, 0.15) is 11.3 Å². The molecule has 1 saturated carbocycles. The van der Waals surface area contributed by atoms with Crippen LogP contribution in [0.4, 0.5) is 0 Å². The van der Waals surface area contributed by atoms with Gasteiger partial charge in [0.2, 0.25) is 5.91 Å². The van der Waals surface area contributed by atoms with E-state index < -0.39 is 0 Å². The molecule has 2 amide bonds. The van der Waals surface area contributed by atoms with Crippen LogP contribution in [0.25, 0.3) is 0 Å². The molecule has 2 aliphatic rings. The summed E-state index contributed by atoms with van der Waals surface area (Å²) in [5.74, 6) is 1.39. The van der Waals surface area contributed by atoms with Crippen LogP contribution in [0.2, 0.25) is 0 Å². The molecule has 3 atom stereocenters. The first-order valence-electron chi connectivity index (χ1n) is 10.5. The summed E-state index contributed by atoms with van der Waals surface area (Å²) in [6.45, 7) is 7.12. The van der Waals surface area contributed by atoms with Crippen LogP contribution < -0.4 is 5.32 Å². The highest BCUT2D eigenvalue weighted by atomic mass is 16.5. The number of hydrogen-bond acceptors (Lipinski definition) is 4. The van der Waals surface area contributed by atoms with Gasteiger partial charge in [0, 0.05) is 25.0 Å². The minimum Gasteiger partial charge on any atom is -0.361 e. The Labute approximate surface area is 171 Å². The van der Waals surface area contributed by atoms with Crippen molar-refractivity contribution in [2.75, 3.05) is 13.1 Å². The molecule has 1 aromatic carbocycles. The number of amides is 2. The number of rotatable bonds is 4. The third kappa shape index (κ3) is 4.07. The van der Waals surface area contributed by atoms with Crippen molar-refractivity contribution in [1.29, 1.82) is 0 Å². The van der Waals surface area contributed by atoms with Gasteiger partial charge in [-0.05, 0) is 45.1 Å². The molecule has 6 heteroatoms. The number of benzene rings is 1. The lowest BCUT2D eigenvalue weighted by molar-refractivity contribution is -0.129. The minimum absolute atomic E-state index is 0.0896. The van der Waals surface area contributed by atoms with Crippen LogP contribution >= 0.6 is 0 Å². The van der Waals surface area contributed by atoms with Crippen LogP contribution in [0.5, 0.6) is 0 Å². The van der Waals surface area contributed by atoms with E-state index in [-0.39, 0.29) is 17.9 Å². The first-order valence-corrected chi connectivity index (χ1v) is 10.5. The molecule has 2 aromatic rings. The van der Waals surface area contributed by atoms with Crippen molar-refractivity contribution in [3.63, 3.8) is 0 Å². The largest absolute Gasteiger partial charge is 0.361 e. The molecule has 0 radical (unpaired) electrons. The fourth-order valence-electron chi connectivity index (χ4n) is 5.01. The molecule has 0 unspecified atom stereocenters. The molecule has 1 aromatic heterocycles. The summed E-state index contributed by atoms with van der Waals surface area (Å²) < 4.78 is 5.14. The highest BCUT2D eigenvalue weighted by Crippen LogP contribution is 2.37. The second-order valence-corrected chi connectivity index (χ2v) is 8.60. The van der Waals surface area contributed by atoms with E-state index in [1.165, 1.54) is 5.56 Å². The molecular weight excluding hydrogens is 366 g/mol. The van der Waals surface area contributed by atoms with E-state index in [0.29, 0.717) is 35.3 Å². The van der Waals surface area contributed by atoms with Gasteiger partial charge in [0.15, 0.2) is 0 Å². The monoisotopic (exact) mass is 395 g/mol. The van der Waals surface area contributed by atoms with Crippen LogP contribution in [-0.2, 0) is 11.2 Å². The van der Waals surface area contributed by atoms with Gasteiger partial charge in [0.05, 0.1) is 12.1 Å². The van der Waals surface area contributed by atoms with Gasteiger partial charge in [-0.3, -0.25) is 9.59 Å². The van der Waals surface area contributed by atoms with Crippen LogP contribution in [0.1, 0.15) is 52.2 Å². The van der Waals surface area contributed by atoms with Gasteiger partial charge in [-0.2, -0.15) is 0 Å². The number of fused-ring (bicyclic) bond motifs is 1. The molecule has 1 N–H and O–H groups in total. The Hall–Kier alpha value is -2.63. The Bertz CT molecular complexity index is 900. The Morgan fingerprint density at radius 1 is 1.21 bits per heavy atom. The minimum atomic E-state index is -0.114. The third-order valence-corrected chi connectivity index (χ3v) is 6.47. The zero-order valence-electron chi connectivity index (χ0n) is 17.4.